The summed E-state index contributed by atoms with van der Waals surface area (Å²) in [7, 11) is 0. The fourth-order valence-electron chi connectivity index (χ4n) is 1.46. The average Bonchev–Trinajstić information content (AvgIpc) is 2.08. The van der Waals surface area contributed by atoms with E-state index in [1.54, 1.807) is 6.07 Å². The fourth-order valence-corrected chi connectivity index (χ4v) is 2.00. The Morgan fingerprint density at radius 3 is 2.33 bits per heavy atom. The number of nitriles is 1. The Morgan fingerprint density at radius 1 is 1.42 bits per heavy atom. The molecule has 0 aromatic carbocycles. The molecule has 1 N–H and O–H groups in total. The van der Waals surface area contributed by atoms with Gasteiger partial charge in [0.25, 0.3) is 0 Å². The molecule has 3 heteroatoms. The SMILES string of the molecule is CC#N.OSCC1CCCCC1. The maximum Gasteiger partial charge on any atom is 0.0587 e. The third-order valence-electron chi connectivity index (χ3n) is 2.03. The summed E-state index contributed by atoms with van der Waals surface area (Å²) in [4.78, 5) is 0. The van der Waals surface area contributed by atoms with Gasteiger partial charge in [0.05, 0.1) is 6.07 Å². The van der Waals surface area contributed by atoms with Crippen LogP contribution in [0.4, 0.5) is 0 Å². The molecule has 0 aromatic rings. The zero-order chi connectivity index (χ0) is 9.23. The van der Waals surface area contributed by atoms with Crippen molar-refractivity contribution >= 4 is 12.0 Å². The molecule has 0 heterocycles. The fraction of sp³-hybridized carbons (Fsp3) is 0.889. The molecule has 0 aromatic heterocycles. The van der Waals surface area contributed by atoms with Crippen molar-refractivity contribution in [3.8, 4) is 6.07 Å². The van der Waals surface area contributed by atoms with E-state index in [0.717, 1.165) is 23.7 Å². The van der Waals surface area contributed by atoms with E-state index in [4.69, 9.17) is 9.81 Å². The third kappa shape index (κ3) is 6.51. The maximum absolute atomic E-state index is 8.54. The van der Waals surface area contributed by atoms with Gasteiger partial charge in [0, 0.05) is 12.7 Å². The Kier molecular flexibility index (Phi) is 8.74. The van der Waals surface area contributed by atoms with Crippen LogP contribution in [0.2, 0.25) is 0 Å². The predicted molar refractivity (Wildman–Crippen MR) is 52.9 cm³/mol. The lowest BCUT2D eigenvalue weighted by molar-refractivity contribution is 0.388. The van der Waals surface area contributed by atoms with Gasteiger partial charge in [0.1, 0.15) is 0 Å². The third-order valence-corrected chi connectivity index (χ3v) is 2.66. The van der Waals surface area contributed by atoms with E-state index < -0.39 is 0 Å². The lowest BCUT2D eigenvalue weighted by Gasteiger charge is -2.19. The molecule has 1 rings (SSSR count). The van der Waals surface area contributed by atoms with Crippen LogP contribution in [0.3, 0.4) is 0 Å². The summed E-state index contributed by atoms with van der Waals surface area (Å²) in [6, 6.07) is 1.75. The van der Waals surface area contributed by atoms with Crippen LogP contribution in [-0.4, -0.2) is 10.3 Å². The molecule has 0 atom stereocenters. The quantitative estimate of drug-likeness (QED) is 0.674. The highest BCUT2D eigenvalue weighted by Gasteiger charge is 2.12. The Hall–Kier alpha value is -0.200. The van der Waals surface area contributed by atoms with E-state index in [1.165, 1.54) is 39.0 Å². The van der Waals surface area contributed by atoms with E-state index >= 15 is 0 Å². The zero-order valence-electron chi connectivity index (χ0n) is 7.62. The van der Waals surface area contributed by atoms with E-state index in [0.29, 0.717) is 0 Å². The normalized spacial score (nSPS) is 17.4. The van der Waals surface area contributed by atoms with E-state index in [9.17, 15) is 0 Å². The summed E-state index contributed by atoms with van der Waals surface area (Å²) in [6.07, 6.45) is 6.85. The van der Waals surface area contributed by atoms with Crippen LogP contribution >= 0.6 is 12.0 Å². The lowest BCUT2D eigenvalue weighted by atomic mass is 9.91. The molecule has 1 saturated carbocycles. The summed E-state index contributed by atoms with van der Waals surface area (Å²) in [5, 5.41) is 7.32. The van der Waals surface area contributed by atoms with Gasteiger partial charge < -0.3 is 4.55 Å². The molecule has 0 unspecified atom stereocenters. The Balaban J connectivity index is 0.000000354. The molecule has 70 valence electrons. The summed E-state index contributed by atoms with van der Waals surface area (Å²) >= 11 is 1.01. The van der Waals surface area contributed by atoms with Crippen molar-refractivity contribution in [2.45, 2.75) is 39.0 Å². The van der Waals surface area contributed by atoms with Crippen LogP contribution in [0.15, 0.2) is 0 Å². The second-order valence-corrected chi connectivity index (χ2v) is 3.61. The van der Waals surface area contributed by atoms with Gasteiger partial charge in [-0.1, -0.05) is 19.3 Å². The minimum Gasteiger partial charge on any atom is -0.330 e. The molecule has 1 aliphatic carbocycles. The molecule has 1 fully saturated rings. The molecular formula is C9H17NOS. The van der Waals surface area contributed by atoms with Gasteiger partial charge in [0.2, 0.25) is 0 Å². The van der Waals surface area contributed by atoms with Crippen molar-refractivity contribution in [3.63, 3.8) is 0 Å². The maximum atomic E-state index is 8.54. The molecule has 0 amide bonds. The first-order valence-electron chi connectivity index (χ1n) is 4.42. The van der Waals surface area contributed by atoms with Crippen LogP contribution < -0.4 is 0 Å². The summed E-state index contributed by atoms with van der Waals surface area (Å²) < 4.78 is 8.54. The minimum absolute atomic E-state index is 0.814. The highest BCUT2D eigenvalue weighted by molar-refractivity contribution is 7.93. The zero-order valence-corrected chi connectivity index (χ0v) is 8.44. The molecular weight excluding hydrogens is 170 g/mol. The Bertz CT molecular complexity index is 124. The van der Waals surface area contributed by atoms with Gasteiger partial charge in [-0.3, -0.25) is 0 Å². The second kappa shape index (κ2) is 8.89. The molecule has 0 radical (unpaired) electrons. The lowest BCUT2D eigenvalue weighted by Crippen LogP contribution is -2.08. The predicted octanol–water partition coefficient (Wildman–Crippen LogP) is 3.30. The van der Waals surface area contributed by atoms with Gasteiger partial charge in [-0.2, -0.15) is 5.26 Å². The van der Waals surface area contributed by atoms with Crippen molar-refractivity contribution in [1.82, 2.24) is 0 Å². The van der Waals surface area contributed by atoms with Crippen molar-refractivity contribution in [2.24, 2.45) is 5.92 Å². The van der Waals surface area contributed by atoms with E-state index in [-0.39, 0.29) is 0 Å². The highest BCUT2D eigenvalue weighted by atomic mass is 32.2. The van der Waals surface area contributed by atoms with Crippen LogP contribution in [0.5, 0.6) is 0 Å². The number of hydrogen-bond acceptors (Lipinski definition) is 3. The molecule has 0 bridgehead atoms. The summed E-state index contributed by atoms with van der Waals surface area (Å²) in [6.45, 7) is 1.43. The number of hydrogen-bond donors (Lipinski definition) is 1. The molecule has 2 nitrogen and oxygen atoms in total. The molecule has 1 aliphatic rings. The standard InChI is InChI=1S/C7H14OS.C2H3N/c8-9-6-7-4-2-1-3-5-7;1-2-3/h7-8H,1-6H2;1H3. The summed E-state index contributed by atoms with van der Waals surface area (Å²) in [5.74, 6) is 1.77. The monoisotopic (exact) mass is 187 g/mol. The van der Waals surface area contributed by atoms with E-state index in [1.807, 2.05) is 0 Å². The minimum atomic E-state index is 0.814. The molecule has 12 heavy (non-hydrogen) atoms. The van der Waals surface area contributed by atoms with E-state index in [2.05, 4.69) is 0 Å². The van der Waals surface area contributed by atoms with Gasteiger partial charge in [-0.25, -0.2) is 0 Å². The largest absolute Gasteiger partial charge is 0.330 e. The highest BCUT2D eigenvalue weighted by Crippen LogP contribution is 2.25. The second-order valence-electron chi connectivity index (χ2n) is 3.02. The molecule has 0 aliphatic heterocycles. The van der Waals surface area contributed by atoms with Crippen LogP contribution in [-0.2, 0) is 0 Å². The van der Waals surface area contributed by atoms with Gasteiger partial charge in [0.15, 0.2) is 0 Å². The van der Waals surface area contributed by atoms with Crippen molar-refractivity contribution in [3.05, 3.63) is 0 Å². The van der Waals surface area contributed by atoms with Gasteiger partial charge >= 0.3 is 0 Å². The Morgan fingerprint density at radius 2 is 1.92 bits per heavy atom. The molecule has 0 saturated heterocycles. The summed E-state index contributed by atoms with van der Waals surface area (Å²) in [5.41, 5.74) is 0. The number of nitrogens with zero attached hydrogens (tertiary/aromatic N) is 1. The van der Waals surface area contributed by atoms with Crippen LogP contribution in [0.25, 0.3) is 0 Å². The van der Waals surface area contributed by atoms with Crippen LogP contribution in [0.1, 0.15) is 39.0 Å². The first-order chi connectivity index (χ1) is 5.85. The first kappa shape index (κ1) is 11.8. The topological polar surface area (TPSA) is 44.0 Å². The smallest absolute Gasteiger partial charge is 0.0587 e. The first-order valence-corrected chi connectivity index (χ1v) is 5.36. The average molecular weight is 187 g/mol. The number of rotatable bonds is 2. The van der Waals surface area contributed by atoms with Crippen molar-refractivity contribution in [2.75, 3.05) is 5.75 Å². The van der Waals surface area contributed by atoms with Crippen molar-refractivity contribution in [1.29, 1.82) is 5.26 Å². The van der Waals surface area contributed by atoms with Gasteiger partial charge in [-0.15, -0.1) is 0 Å². The molecule has 0 spiro atoms. The van der Waals surface area contributed by atoms with Crippen LogP contribution in [0, 0.1) is 17.2 Å². The Labute approximate surface area is 79.2 Å². The van der Waals surface area contributed by atoms with Crippen molar-refractivity contribution < 1.29 is 4.55 Å². The van der Waals surface area contributed by atoms with Gasteiger partial charge in [-0.05, 0) is 30.8 Å².